The maximum Gasteiger partial charge on any atom is 0.411 e. The number of hydrogen-bond donors (Lipinski definition) is 2. The van der Waals surface area contributed by atoms with E-state index in [1.807, 2.05) is 48.5 Å². The first-order chi connectivity index (χ1) is 20.0. The van der Waals surface area contributed by atoms with E-state index in [9.17, 15) is 41.8 Å². The lowest BCUT2D eigenvalue weighted by Gasteiger charge is -2.29. The molecule has 0 bridgehead atoms. The number of nitrogens with one attached hydrogen (secondary N) is 1. The summed E-state index contributed by atoms with van der Waals surface area (Å²) >= 11 is 0. The summed E-state index contributed by atoms with van der Waals surface area (Å²) in [6.45, 7) is 1.33. The van der Waals surface area contributed by atoms with Gasteiger partial charge in [-0.1, -0.05) is 48.5 Å². The third-order valence-electron chi connectivity index (χ3n) is 7.06. The second-order valence-electron chi connectivity index (χ2n) is 11.3. The van der Waals surface area contributed by atoms with Gasteiger partial charge in [0.05, 0.1) is 6.54 Å². The highest BCUT2D eigenvalue weighted by Crippen LogP contribution is 2.44. The number of ether oxygens (including phenoxy) is 3. The predicted octanol–water partition coefficient (Wildman–Crippen LogP) is 4.80. The number of halogens is 4. The summed E-state index contributed by atoms with van der Waals surface area (Å²) < 4.78 is 67.7. The minimum atomic E-state index is -4.73. The van der Waals surface area contributed by atoms with Crippen molar-refractivity contribution < 1.29 is 56.1 Å². The van der Waals surface area contributed by atoms with Crippen LogP contribution in [0.25, 0.3) is 11.1 Å². The fraction of sp³-hybridized carbons (Fsp3) is 0.448. The Morgan fingerprint density at radius 1 is 1.00 bits per heavy atom. The van der Waals surface area contributed by atoms with Crippen LogP contribution in [0.15, 0.2) is 48.5 Å². The van der Waals surface area contributed by atoms with Crippen LogP contribution in [0.3, 0.4) is 0 Å². The van der Waals surface area contributed by atoms with Crippen molar-refractivity contribution in [2.24, 2.45) is 0 Å². The van der Waals surface area contributed by atoms with Gasteiger partial charge in [0.25, 0.3) is 0 Å². The molecule has 0 spiro atoms. The number of likely N-dealkylation sites (tertiary alicyclic amines) is 1. The number of carbonyl (C=O) groups excluding carboxylic acids is 3. The van der Waals surface area contributed by atoms with Crippen LogP contribution in [0, 0.1) is 0 Å². The number of alkyl halides is 4. The molecule has 2 amide bonds. The van der Waals surface area contributed by atoms with Crippen LogP contribution in [-0.2, 0) is 23.8 Å². The van der Waals surface area contributed by atoms with Gasteiger partial charge in [-0.2, -0.15) is 8.78 Å². The zero-order chi connectivity index (χ0) is 31.7. The zero-order valence-corrected chi connectivity index (χ0v) is 23.4. The minimum absolute atomic E-state index is 0.230. The topological polar surface area (TPSA) is 131 Å². The average molecular weight is 611 g/mol. The normalized spacial score (nSPS) is 19.9. The van der Waals surface area contributed by atoms with E-state index in [2.05, 4.69) is 10.1 Å². The molecule has 2 atom stereocenters. The van der Waals surface area contributed by atoms with Gasteiger partial charge in [0.15, 0.2) is 12.1 Å². The first kappa shape index (κ1) is 31.6. The molecule has 2 aromatic rings. The average Bonchev–Trinajstić information content (AvgIpc) is 3.47. The van der Waals surface area contributed by atoms with Crippen molar-refractivity contribution in [1.29, 1.82) is 0 Å². The number of fused-ring (bicyclic) bond motifs is 3. The molecular weight excluding hydrogens is 580 g/mol. The molecule has 14 heteroatoms. The van der Waals surface area contributed by atoms with Crippen LogP contribution in [0.5, 0.6) is 0 Å². The Labute approximate surface area is 243 Å². The van der Waals surface area contributed by atoms with E-state index in [-0.39, 0.29) is 6.61 Å². The van der Waals surface area contributed by atoms with E-state index >= 15 is 0 Å². The molecule has 43 heavy (non-hydrogen) atoms. The van der Waals surface area contributed by atoms with E-state index in [1.165, 1.54) is 20.8 Å². The number of benzene rings is 2. The summed E-state index contributed by atoms with van der Waals surface area (Å²) in [4.78, 5) is 51.7. The highest BCUT2D eigenvalue weighted by molar-refractivity contribution is 5.91. The van der Waals surface area contributed by atoms with E-state index in [1.54, 1.807) is 0 Å². The summed E-state index contributed by atoms with van der Waals surface area (Å²) in [6, 6.07) is 13.1. The number of alkyl carbamates (subject to hydrolysis) is 1. The van der Waals surface area contributed by atoms with E-state index < -0.39 is 79.1 Å². The number of carboxylic acid groups (broad SMARTS) is 1. The molecule has 0 saturated carbocycles. The number of amides is 2. The molecule has 0 unspecified atom stereocenters. The van der Waals surface area contributed by atoms with Crippen molar-refractivity contribution in [3.8, 4) is 11.1 Å². The van der Waals surface area contributed by atoms with Gasteiger partial charge in [-0.25, -0.2) is 28.0 Å². The van der Waals surface area contributed by atoms with Gasteiger partial charge in [0, 0.05) is 12.3 Å². The Morgan fingerprint density at radius 3 is 2.07 bits per heavy atom. The summed E-state index contributed by atoms with van der Waals surface area (Å²) in [5.41, 5.74) is 0.0533. The maximum atomic E-state index is 13.6. The smallest absolute Gasteiger partial charge is 0.411 e. The van der Waals surface area contributed by atoms with Crippen molar-refractivity contribution in [1.82, 2.24) is 10.2 Å². The van der Waals surface area contributed by atoms with Crippen molar-refractivity contribution in [2.45, 2.75) is 62.6 Å². The molecule has 2 aliphatic rings. The largest absolute Gasteiger partial charge is 0.480 e. The van der Waals surface area contributed by atoms with Gasteiger partial charge in [0.1, 0.15) is 18.2 Å². The summed E-state index contributed by atoms with van der Waals surface area (Å²) in [7, 11) is 0. The van der Waals surface area contributed by atoms with Crippen molar-refractivity contribution in [3.05, 3.63) is 59.7 Å². The Bertz CT molecular complexity index is 1370. The fourth-order valence-electron chi connectivity index (χ4n) is 5.12. The molecule has 4 rings (SSSR count). The lowest BCUT2D eigenvalue weighted by molar-refractivity contribution is -0.184. The Kier molecular flexibility index (Phi) is 8.61. The monoisotopic (exact) mass is 610 g/mol. The first-order valence-electron chi connectivity index (χ1n) is 13.2. The summed E-state index contributed by atoms with van der Waals surface area (Å²) in [6.07, 6.45) is -7.44. The Morgan fingerprint density at radius 2 is 1.56 bits per heavy atom. The molecular formula is C29H30F4N2O8. The highest BCUT2D eigenvalue weighted by Gasteiger charge is 2.57. The third kappa shape index (κ3) is 6.67. The SMILES string of the molecule is CC(C)(C)OC(=O)N1C[C@](NC(=O)OCC2c3ccccc3-c3ccccc32)(C(=O)OCC(F)(F)C(F)F)C[C@H]1C(=O)O. The highest BCUT2D eigenvalue weighted by atomic mass is 19.3. The third-order valence-corrected chi connectivity index (χ3v) is 7.06. The van der Waals surface area contributed by atoms with Crippen LogP contribution in [0.2, 0.25) is 0 Å². The first-order valence-corrected chi connectivity index (χ1v) is 13.2. The molecule has 2 N–H and O–H groups in total. The van der Waals surface area contributed by atoms with Crippen molar-refractivity contribution in [3.63, 3.8) is 0 Å². The number of carbonyl (C=O) groups is 4. The van der Waals surface area contributed by atoms with Crippen LogP contribution < -0.4 is 5.32 Å². The number of carboxylic acids is 1. The molecule has 232 valence electrons. The molecule has 1 saturated heterocycles. The number of nitrogens with zero attached hydrogens (tertiary/aromatic N) is 1. The molecule has 1 heterocycles. The number of esters is 1. The standard InChI is InChI=1S/C29H30F4N2O8/c1-27(2,3)43-26(40)35-14-28(12-21(35)22(36)37,24(38)42-15-29(32,33)23(30)31)34-25(39)41-13-20-18-10-6-4-8-16(18)17-9-5-7-11-19(17)20/h4-11,20-21,23H,12-15H2,1-3H3,(H,34,39)(H,36,37)/t21-,28-/m0/s1. The van der Waals surface area contributed by atoms with Gasteiger partial charge in [-0.15, -0.1) is 0 Å². The summed E-state index contributed by atoms with van der Waals surface area (Å²) in [5.74, 6) is -8.39. The van der Waals surface area contributed by atoms with Crippen molar-refractivity contribution >= 4 is 24.1 Å². The van der Waals surface area contributed by atoms with Gasteiger partial charge in [-0.05, 0) is 43.0 Å². The maximum absolute atomic E-state index is 13.6. The molecule has 1 aliphatic carbocycles. The number of hydrogen-bond acceptors (Lipinski definition) is 7. The van der Waals surface area contributed by atoms with E-state index in [0.717, 1.165) is 22.3 Å². The summed E-state index contributed by atoms with van der Waals surface area (Å²) in [5, 5.41) is 12.0. The Balaban J connectivity index is 1.58. The quantitative estimate of drug-likeness (QED) is 0.248. The van der Waals surface area contributed by atoms with Crippen LogP contribution in [0.4, 0.5) is 27.2 Å². The van der Waals surface area contributed by atoms with Crippen molar-refractivity contribution in [2.75, 3.05) is 19.8 Å². The molecule has 2 aromatic carbocycles. The lowest BCUT2D eigenvalue weighted by Crippen LogP contribution is -2.58. The minimum Gasteiger partial charge on any atom is -0.480 e. The number of rotatable bonds is 8. The second-order valence-corrected chi connectivity index (χ2v) is 11.3. The van der Waals surface area contributed by atoms with Crippen LogP contribution >= 0.6 is 0 Å². The van der Waals surface area contributed by atoms with Gasteiger partial charge in [-0.3, -0.25) is 4.90 Å². The fourth-order valence-corrected chi connectivity index (χ4v) is 5.12. The molecule has 10 nitrogen and oxygen atoms in total. The van der Waals surface area contributed by atoms with Gasteiger partial charge < -0.3 is 24.6 Å². The van der Waals surface area contributed by atoms with Gasteiger partial charge >= 0.3 is 36.5 Å². The molecule has 0 aromatic heterocycles. The van der Waals surface area contributed by atoms with E-state index in [0.29, 0.717) is 4.90 Å². The second kappa shape index (κ2) is 11.7. The number of aliphatic carboxylic acids is 1. The van der Waals surface area contributed by atoms with Crippen LogP contribution in [-0.4, -0.2) is 83.4 Å². The molecule has 1 fully saturated rings. The zero-order valence-electron chi connectivity index (χ0n) is 23.4. The van der Waals surface area contributed by atoms with Gasteiger partial charge in [0.2, 0.25) is 0 Å². The molecule has 0 radical (unpaired) electrons. The molecule has 1 aliphatic heterocycles. The lowest BCUT2D eigenvalue weighted by atomic mass is 9.96. The Hall–Kier alpha value is -4.36. The van der Waals surface area contributed by atoms with E-state index in [4.69, 9.17) is 9.47 Å². The van der Waals surface area contributed by atoms with Crippen LogP contribution in [0.1, 0.15) is 44.2 Å². The predicted molar refractivity (Wildman–Crippen MR) is 142 cm³/mol.